The predicted octanol–water partition coefficient (Wildman–Crippen LogP) is 3.56. The van der Waals surface area contributed by atoms with Crippen molar-refractivity contribution in [3.8, 4) is 5.75 Å². The lowest BCUT2D eigenvalue weighted by molar-refractivity contribution is -0.134. The molecule has 25 heavy (non-hydrogen) atoms. The van der Waals surface area contributed by atoms with E-state index in [1.165, 1.54) is 5.69 Å². The maximum absolute atomic E-state index is 12.5. The molecule has 0 aliphatic carbocycles. The number of nitrogens with zero attached hydrogens (tertiary/aromatic N) is 3. The molecule has 0 atom stereocenters. The molecule has 1 aromatic heterocycles. The minimum Gasteiger partial charge on any atom is -0.484 e. The number of hydrogen-bond donors (Lipinski definition) is 0. The van der Waals surface area contributed by atoms with Crippen molar-refractivity contribution in [1.29, 1.82) is 0 Å². The van der Waals surface area contributed by atoms with Crippen LogP contribution >= 0.6 is 11.6 Å². The number of aromatic nitrogens is 2. The van der Waals surface area contributed by atoms with Crippen LogP contribution in [0.2, 0.25) is 5.02 Å². The number of halogens is 1. The monoisotopic (exact) mass is 361 g/mol. The van der Waals surface area contributed by atoms with Gasteiger partial charge in [-0.25, -0.2) is 0 Å². The van der Waals surface area contributed by atoms with Crippen molar-refractivity contribution in [2.75, 3.05) is 13.2 Å². The number of hydrogen-bond acceptors (Lipinski definition) is 3. The first kappa shape index (κ1) is 17.8. The summed E-state index contributed by atoms with van der Waals surface area (Å²) < 4.78 is 7.70. The van der Waals surface area contributed by atoms with E-state index < -0.39 is 0 Å². The molecule has 1 aliphatic rings. The maximum Gasteiger partial charge on any atom is 0.260 e. The van der Waals surface area contributed by atoms with Crippen molar-refractivity contribution >= 4 is 17.5 Å². The zero-order valence-electron chi connectivity index (χ0n) is 15.2. The fourth-order valence-electron chi connectivity index (χ4n) is 3.07. The molecule has 3 rings (SSSR count). The lowest BCUT2D eigenvalue weighted by atomic mass is 10.0. The van der Waals surface area contributed by atoms with Crippen LogP contribution < -0.4 is 4.74 Å². The highest BCUT2D eigenvalue weighted by molar-refractivity contribution is 6.31. The summed E-state index contributed by atoms with van der Waals surface area (Å²) in [6.45, 7) is 9.64. The first-order chi connectivity index (χ1) is 11.8. The Kier molecular flexibility index (Phi) is 4.78. The van der Waals surface area contributed by atoms with E-state index in [0.29, 0.717) is 23.9 Å². The third-order valence-corrected chi connectivity index (χ3v) is 4.84. The topological polar surface area (TPSA) is 47.4 Å². The summed E-state index contributed by atoms with van der Waals surface area (Å²) in [6, 6.07) is 5.41. The molecule has 2 heterocycles. The summed E-state index contributed by atoms with van der Waals surface area (Å²) >= 11 is 6.01. The molecule has 0 saturated heterocycles. The van der Waals surface area contributed by atoms with Gasteiger partial charge in [-0.1, -0.05) is 11.6 Å². The zero-order chi connectivity index (χ0) is 18.2. The molecule has 1 aliphatic heterocycles. The van der Waals surface area contributed by atoms with Gasteiger partial charge in [0.1, 0.15) is 5.75 Å². The Hall–Kier alpha value is -2.01. The van der Waals surface area contributed by atoms with Crippen LogP contribution in [0.3, 0.4) is 0 Å². The Labute approximate surface area is 153 Å². The molecular weight excluding hydrogens is 338 g/mol. The van der Waals surface area contributed by atoms with Crippen molar-refractivity contribution in [3.05, 3.63) is 46.2 Å². The number of carbonyl (C=O) groups is 1. The molecule has 0 fully saturated rings. The van der Waals surface area contributed by atoms with Gasteiger partial charge in [-0.3, -0.25) is 9.48 Å². The van der Waals surface area contributed by atoms with Crippen LogP contribution in [0.5, 0.6) is 5.75 Å². The third-order valence-electron chi connectivity index (χ3n) is 4.41. The van der Waals surface area contributed by atoms with Crippen molar-refractivity contribution < 1.29 is 9.53 Å². The van der Waals surface area contributed by atoms with Gasteiger partial charge in [0.2, 0.25) is 0 Å². The normalized spacial score (nSPS) is 14.4. The fraction of sp³-hybridized carbons (Fsp3) is 0.474. The molecular formula is C19H24ClN3O2. The highest BCUT2D eigenvalue weighted by Gasteiger charge is 2.27. The molecule has 0 saturated carbocycles. The van der Waals surface area contributed by atoms with Crippen molar-refractivity contribution in [3.63, 3.8) is 0 Å². The van der Waals surface area contributed by atoms with Gasteiger partial charge in [0.15, 0.2) is 6.61 Å². The Morgan fingerprint density at radius 1 is 1.36 bits per heavy atom. The molecule has 0 unspecified atom stereocenters. The molecule has 0 bridgehead atoms. The van der Waals surface area contributed by atoms with Gasteiger partial charge < -0.3 is 9.64 Å². The second-order valence-corrected chi connectivity index (χ2v) is 7.87. The molecule has 1 amide bonds. The van der Waals surface area contributed by atoms with Crippen LogP contribution in [0.25, 0.3) is 0 Å². The van der Waals surface area contributed by atoms with Gasteiger partial charge >= 0.3 is 0 Å². The van der Waals surface area contributed by atoms with Crippen LogP contribution in [0.15, 0.2) is 24.4 Å². The summed E-state index contributed by atoms with van der Waals surface area (Å²) in [5.74, 6) is 0.648. The number of aryl methyl sites for hydroxylation is 1. The summed E-state index contributed by atoms with van der Waals surface area (Å²) in [4.78, 5) is 14.3. The van der Waals surface area contributed by atoms with E-state index in [0.717, 1.165) is 17.5 Å². The van der Waals surface area contributed by atoms with Crippen molar-refractivity contribution in [1.82, 2.24) is 14.7 Å². The van der Waals surface area contributed by atoms with E-state index in [1.807, 2.05) is 24.1 Å². The molecule has 134 valence electrons. The number of amides is 1. The SMILES string of the molecule is Cc1cc(OCC(=O)N2CCc3c(cnn3C(C)(C)C)C2)ccc1Cl. The fourth-order valence-corrected chi connectivity index (χ4v) is 3.18. The number of fused-ring (bicyclic) bond motifs is 1. The van der Waals surface area contributed by atoms with Crippen molar-refractivity contribution in [2.24, 2.45) is 0 Å². The summed E-state index contributed by atoms with van der Waals surface area (Å²) in [7, 11) is 0. The zero-order valence-corrected chi connectivity index (χ0v) is 15.9. The second-order valence-electron chi connectivity index (χ2n) is 7.46. The highest BCUT2D eigenvalue weighted by atomic mass is 35.5. The lowest BCUT2D eigenvalue weighted by Crippen LogP contribution is -2.40. The summed E-state index contributed by atoms with van der Waals surface area (Å²) in [5.41, 5.74) is 3.24. The Morgan fingerprint density at radius 2 is 2.12 bits per heavy atom. The molecule has 0 spiro atoms. The van der Waals surface area contributed by atoms with Crippen LogP contribution in [0, 0.1) is 6.92 Å². The average molecular weight is 362 g/mol. The van der Waals surface area contributed by atoms with E-state index in [2.05, 4.69) is 30.6 Å². The van der Waals surface area contributed by atoms with Gasteiger partial charge in [0.25, 0.3) is 5.91 Å². The van der Waals surface area contributed by atoms with E-state index in [4.69, 9.17) is 16.3 Å². The molecule has 5 nitrogen and oxygen atoms in total. The number of rotatable bonds is 3. The first-order valence-corrected chi connectivity index (χ1v) is 8.86. The molecule has 0 N–H and O–H groups in total. The second kappa shape index (κ2) is 6.71. The van der Waals surface area contributed by atoms with Gasteiger partial charge in [-0.05, 0) is 51.5 Å². The Bertz CT molecular complexity index is 792. The molecule has 6 heteroatoms. The average Bonchev–Trinajstić information content (AvgIpc) is 2.99. The van der Waals surface area contributed by atoms with Crippen LogP contribution in [-0.2, 0) is 23.3 Å². The molecule has 2 aromatic rings. The van der Waals surface area contributed by atoms with E-state index in [9.17, 15) is 4.79 Å². The highest BCUT2D eigenvalue weighted by Crippen LogP contribution is 2.25. The third kappa shape index (κ3) is 3.82. The molecule has 1 aromatic carbocycles. The minimum absolute atomic E-state index is 0.0123. The van der Waals surface area contributed by atoms with E-state index in [-0.39, 0.29) is 18.1 Å². The predicted molar refractivity (Wildman–Crippen MR) is 98.0 cm³/mol. The Balaban J connectivity index is 1.63. The molecule has 0 radical (unpaired) electrons. The minimum atomic E-state index is -0.0463. The summed E-state index contributed by atoms with van der Waals surface area (Å²) in [6.07, 6.45) is 2.70. The number of ether oxygens (including phenoxy) is 1. The quantitative estimate of drug-likeness (QED) is 0.839. The van der Waals surface area contributed by atoms with Crippen molar-refractivity contribution in [2.45, 2.75) is 46.2 Å². The standard InChI is InChI=1S/C19H24ClN3O2/c1-13-9-15(5-6-16(13)20)25-12-18(24)22-8-7-17-14(11-22)10-21-23(17)19(2,3)4/h5-6,9-10H,7-8,11-12H2,1-4H3. The number of benzene rings is 1. The smallest absolute Gasteiger partial charge is 0.260 e. The van der Waals surface area contributed by atoms with Gasteiger partial charge in [0, 0.05) is 35.8 Å². The lowest BCUT2D eigenvalue weighted by Gasteiger charge is -2.30. The van der Waals surface area contributed by atoms with E-state index in [1.54, 1.807) is 12.1 Å². The maximum atomic E-state index is 12.5. The summed E-state index contributed by atoms with van der Waals surface area (Å²) in [5, 5.41) is 5.20. The van der Waals surface area contributed by atoms with Crippen LogP contribution in [0.1, 0.15) is 37.6 Å². The Morgan fingerprint density at radius 3 is 2.80 bits per heavy atom. The number of carbonyl (C=O) groups excluding carboxylic acids is 1. The largest absolute Gasteiger partial charge is 0.484 e. The van der Waals surface area contributed by atoms with Gasteiger partial charge in [-0.2, -0.15) is 5.10 Å². The van der Waals surface area contributed by atoms with E-state index >= 15 is 0 Å². The van der Waals surface area contributed by atoms with Gasteiger partial charge in [-0.15, -0.1) is 0 Å². The van der Waals surface area contributed by atoms with Crippen LogP contribution in [0.4, 0.5) is 0 Å². The van der Waals surface area contributed by atoms with Crippen LogP contribution in [-0.4, -0.2) is 33.7 Å². The first-order valence-electron chi connectivity index (χ1n) is 8.48. The van der Waals surface area contributed by atoms with Gasteiger partial charge in [0.05, 0.1) is 11.7 Å².